The van der Waals surface area contributed by atoms with E-state index in [1.807, 2.05) is 0 Å². The molecule has 112 valence electrons. The fourth-order valence-electron chi connectivity index (χ4n) is 2.19. The van der Waals surface area contributed by atoms with Crippen molar-refractivity contribution in [1.82, 2.24) is 5.32 Å². The Bertz CT molecular complexity index is 229. The van der Waals surface area contributed by atoms with Gasteiger partial charge in [0, 0.05) is 26.7 Å². The number of nitrogens with one attached hydrogen (secondary N) is 1. The number of esters is 1. The summed E-state index contributed by atoms with van der Waals surface area (Å²) in [5.74, 6) is 0.526. The van der Waals surface area contributed by atoms with E-state index in [1.165, 1.54) is 12.8 Å². The largest absolute Gasteiger partial charge is 0.463 e. The first-order chi connectivity index (χ1) is 9.33. The maximum Gasteiger partial charge on any atom is 0.305 e. The van der Waals surface area contributed by atoms with E-state index in [2.05, 4.69) is 5.32 Å². The quantitative estimate of drug-likeness (QED) is 0.481. The zero-order valence-corrected chi connectivity index (χ0v) is 12.0. The fourth-order valence-corrected chi connectivity index (χ4v) is 2.19. The molecule has 0 saturated carbocycles. The molecular weight excluding hydrogens is 246 g/mol. The van der Waals surface area contributed by atoms with Gasteiger partial charge in [0.1, 0.15) is 6.61 Å². The molecule has 1 fully saturated rings. The normalized spacial score (nSPS) is 19.3. The van der Waals surface area contributed by atoms with Crippen molar-refractivity contribution in [2.24, 2.45) is 5.92 Å². The lowest BCUT2D eigenvalue weighted by Gasteiger charge is -2.22. The number of carbonyl (C=O) groups excluding carboxylic acids is 1. The maximum absolute atomic E-state index is 11.5. The molecule has 1 N–H and O–H groups in total. The van der Waals surface area contributed by atoms with Crippen molar-refractivity contribution in [3.8, 4) is 0 Å². The monoisotopic (exact) mass is 273 g/mol. The first-order valence-corrected chi connectivity index (χ1v) is 7.26. The Morgan fingerprint density at radius 3 is 2.89 bits per heavy atom. The predicted molar refractivity (Wildman–Crippen MR) is 73.1 cm³/mol. The molecule has 0 radical (unpaired) electrons. The van der Waals surface area contributed by atoms with Crippen LogP contribution in [-0.2, 0) is 19.0 Å². The van der Waals surface area contributed by atoms with E-state index in [0.29, 0.717) is 38.8 Å². The van der Waals surface area contributed by atoms with Gasteiger partial charge in [-0.3, -0.25) is 4.79 Å². The molecular formula is C14H27NO4. The molecule has 1 rings (SSSR count). The highest BCUT2D eigenvalue weighted by Gasteiger charge is 2.14. The molecule has 1 aliphatic rings. The Hall–Kier alpha value is -0.650. The SMILES string of the molecule is COCCCOCCOC(=O)CCC1CCCNC1. The summed E-state index contributed by atoms with van der Waals surface area (Å²) in [5, 5.41) is 3.35. The molecule has 0 aromatic rings. The van der Waals surface area contributed by atoms with E-state index in [4.69, 9.17) is 14.2 Å². The molecule has 0 bridgehead atoms. The third-order valence-corrected chi connectivity index (χ3v) is 3.28. The molecule has 0 aromatic carbocycles. The molecule has 19 heavy (non-hydrogen) atoms. The third kappa shape index (κ3) is 8.97. The first-order valence-electron chi connectivity index (χ1n) is 7.26. The van der Waals surface area contributed by atoms with Crippen molar-refractivity contribution in [1.29, 1.82) is 0 Å². The van der Waals surface area contributed by atoms with E-state index in [1.54, 1.807) is 7.11 Å². The number of rotatable bonds is 10. The van der Waals surface area contributed by atoms with Crippen LogP contribution in [0, 0.1) is 5.92 Å². The number of carbonyl (C=O) groups is 1. The number of hydrogen-bond donors (Lipinski definition) is 1. The molecule has 1 saturated heterocycles. The lowest BCUT2D eigenvalue weighted by molar-refractivity contribution is -0.145. The molecule has 1 heterocycles. The second-order valence-electron chi connectivity index (χ2n) is 4.93. The molecule has 1 unspecified atom stereocenters. The Morgan fingerprint density at radius 1 is 1.26 bits per heavy atom. The number of hydrogen-bond acceptors (Lipinski definition) is 5. The Kier molecular flexibility index (Phi) is 9.67. The van der Waals surface area contributed by atoms with Crippen molar-refractivity contribution in [3.05, 3.63) is 0 Å². The minimum atomic E-state index is -0.105. The fraction of sp³-hybridized carbons (Fsp3) is 0.929. The van der Waals surface area contributed by atoms with E-state index in [-0.39, 0.29) is 5.97 Å². The average molecular weight is 273 g/mol. The molecule has 0 spiro atoms. The Morgan fingerprint density at radius 2 is 2.16 bits per heavy atom. The zero-order chi connectivity index (χ0) is 13.8. The van der Waals surface area contributed by atoms with Gasteiger partial charge in [-0.25, -0.2) is 0 Å². The van der Waals surface area contributed by atoms with Gasteiger partial charge in [-0.05, 0) is 44.7 Å². The van der Waals surface area contributed by atoms with Crippen LogP contribution in [0.15, 0.2) is 0 Å². The van der Waals surface area contributed by atoms with Gasteiger partial charge < -0.3 is 19.5 Å². The lowest BCUT2D eigenvalue weighted by atomic mass is 9.95. The van der Waals surface area contributed by atoms with Crippen LogP contribution in [0.1, 0.15) is 32.1 Å². The highest BCUT2D eigenvalue weighted by molar-refractivity contribution is 5.69. The highest BCUT2D eigenvalue weighted by atomic mass is 16.6. The Labute approximate surface area is 116 Å². The molecule has 0 aliphatic carbocycles. The predicted octanol–water partition coefficient (Wildman–Crippen LogP) is 1.36. The van der Waals surface area contributed by atoms with Crippen molar-refractivity contribution < 1.29 is 19.0 Å². The van der Waals surface area contributed by atoms with Crippen LogP contribution >= 0.6 is 0 Å². The topological polar surface area (TPSA) is 56.8 Å². The van der Waals surface area contributed by atoms with Crippen LogP contribution < -0.4 is 5.32 Å². The molecule has 0 amide bonds. The Balaban J connectivity index is 1.87. The first kappa shape index (κ1) is 16.4. The van der Waals surface area contributed by atoms with Gasteiger partial charge in [-0.1, -0.05) is 0 Å². The van der Waals surface area contributed by atoms with Crippen LogP contribution in [0.2, 0.25) is 0 Å². The third-order valence-electron chi connectivity index (χ3n) is 3.28. The van der Waals surface area contributed by atoms with Gasteiger partial charge in [0.15, 0.2) is 0 Å². The van der Waals surface area contributed by atoms with Crippen LogP contribution in [0.5, 0.6) is 0 Å². The number of ether oxygens (including phenoxy) is 3. The minimum absolute atomic E-state index is 0.105. The van der Waals surface area contributed by atoms with Gasteiger partial charge in [-0.2, -0.15) is 0 Å². The van der Waals surface area contributed by atoms with E-state index in [0.717, 1.165) is 25.9 Å². The molecule has 5 heteroatoms. The van der Waals surface area contributed by atoms with Crippen LogP contribution in [-0.4, -0.2) is 52.6 Å². The zero-order valence-electron chi connectivity index (χ0n) is 12.0. The second kappa shape index (κ2) is 11.2. The summed E-state index contributed by atoms with van der Waals surface area (Å²) in [7, 11) is 1.67. The van der Waals surface area contributed by atoms with Crippen LogP contribution in [0.3, 0.4) is 0 Å². The van der Waals surface area contributed by atoms with Crippen molar-refractivity contribution in [2.45, 2.75) is 32.1 Å². The van der Waals surface area contributed by atoms with Gasteiger partial charge in [0.2, 0.25) is 0 Å². The molecule has 0 aromatic heterocycles. The summed E-state index contributed by atoms with van der Waals surface area (Å²) >= 11 is 0. The van der Waals surface area contributed by atoms with Crippen LogP contribution in [0.25, 0.3) is 0 Å². The second-order valence-corrected chi connectivity index (χ2v) is 4.93. The minimum Gasteiger partial charge on any atom is -0.463 e. The van der Waals surface area contributed by atoms with Gasteiger partial charge in [0.25, 0.3) is 0 Å². The molecule has 5 nitrogen and oxygen atoms in total. The van der Waals surface area contributed by atoms with Gasteiger partial charge >= 0.3 is 5.97 Å². The van der Waals surface area contributed by atoms with Crippen molar-refractivity contribution >= 4 is 5.97 Å². The summed E-state index contributed by atoms with van der Waals surface area (Å²) < 4.78 is 15.3. The number of piperidine rings is 1. The lowest BCUT2D eigenvalue weighted by Crippen LogP contribution is -2.30. The molecule has 1 aliphatic heterocycles. The van der Waals surface area contributed by atoms with Gasteiger partial charge in [-0.15, -0.1) is 0 Å². The smallest absolute Gasteiger partial charge is 0.305 e. The van der Waals surface area contributed by atoms with Crippen molar-refractivity contribution in [2.75, 3.05) is 46.6 Å². The summed E-state index contributed by atoms with van der Waals surface area (Å²) in [6.07, 6.45) is 4.77. The summed E-state index contributed by atoms with van der Waals surface area (Å²) in [6, 6.07) is 0. The summed E-state index contributed by atoms with van der Waals surface area (Å²) in [4.78, 5) is 11.5. The van der Waals surface area contributed by atoms with Crippen molar-refractivity contribution in [3.63, 3.8) is 0 Å². The summed E-state index contributed by atoms with van der Waals surface area (Å²) in [6.45, 7) is 4.33. The average Bonchev–Trinajstić information content (AvgIpc) is 2.45. The summed E-state index contributed by atoms with van der Waals surface area (Å²) in [5.41, 5.74) is 0. The standard InChI is InChI=1S/C14H27NO4/c1-17-8-3-9-18-10-11-19-14(16)6-5-13-4-2-7-15-12-13/h13,15H,2-12H2,1H3. The van der Waals surface area contributed by atoms with Crippen LogP contribution in [0.4, 0.5) is 0 Å². The van der Waals surface area contributed by atoms with E-state index >= 15 is 0 Å². The van der Waals surface area contributed by atoms with Gasteiger partial charge in [0.05, 0.1) is 6.61 Å². The maximum atomic E-state index is 11.5. The highest BCUT2D eigenvalue weighted by Crippen LogP contribution is 2.15. The van der Waals surface area contributed by atoms with E-state index in [9.17, 15) is 4.79 Å². The van der Waals surface area contributed by atoms with E-state index < -0.39 is 0 Å². The molecule has 1 atom stereocenters. The number of methoxy groups -OCH3 is 1.